The smallest absolute Gasteiger partial charge is 0.223 e. The predicted molar refractivity (Wildman–Crippen MR) is 64.6 cm³/mol. The lowest BCUT2D eigenvalue weighted by Gasteiger charge is -2.07. The third-order valence-corrected chi connectivity index (χ3v) is 2.91. The summed E-state index contributed by atoms with van der Waals surface area (Å²) >= 11 is 1.71. The third-order valence-electron chi connectivity index (χ3n) is 2.11. The molecule has 0 saturated carbocycles. The number of benzene rings is 1. The zero-order valence-electron chi connectivity index (χ0n) is 9.23. The van der Waals surface area contributed by atoms with E-state index in [1.807, 2.05) is 18.2 Å². The van der Waals surface area contributed by atoms with Gasteiger partial charge in [-0.25, -0.2) is 0 Å². The Labute approximate surface area is 98.4 Å². The molecular weight excluding hydrogens is 222 g/mol. The Kier molecular flexibility index (Phi) is 3.46. The van der Waals surface area contributed by atoms with Gasteiger partial charge >= 0.3 is 0 Å². The summed E-state index contributed by atoms with van der Waals surface area (Å²) in [7, 11) is 0. The highest BCUT2D eigenvalue weighted by atomic mass is 32.2. The van der Waals surface area contributed by atoms with Gasteiger partial charge in [0.2, 0.25) is 5.89 Å². The number of aromatic nitrogens is 2. The van der Waals surface area contributed by atoms with Gasteiger partial charge in [0, 0.05) is 17.5 Å². The van der Waals surface area contributed by atoms with E-state index >= 15 is 0 Å². The summed E-state index contributed by atoms with van der Waals surface area (Å²) in [5.41, 5.74) is 1.09. The summed E-state index contributed by atoms with van der Waals surface area (Å²) in [5.74, 6) is 1.27. The van der Waals surface area contributed by atoms with E-state index in [4.69, 9.17) is 4.52 Å². The molecular formula is C11H13N3OS. The molecule has 1 heterocycles. The first-order valence-corrected chi connectivity index (χ1v) is 6.18. The summed E-state index contributed by atoms with van der Waals surface area (Å²) in [6, 6.07) is 8.15. The highest BCUT2D eigenvalue weighted by Crippen LogP contribution is 2.24. The van der Waals surface area contributed by atoms with Crippen LogP contribution < -0.4 is 5.32 Å². The molecule has 0 aliphatic carbocycles. The standard InChI is InChI=1S/C11H13N3OS/c1-8-13-11(14-15-8)7-12-9-5-3-4-6-10(9)16-2/h3-6,12H,7H2,1-2H3. The second-order valence-electron chi connectivity index (χ2n) is 3.28. The molecule has 0 unspecified atom stereocenters. The summed E-state index contributed by atoms with van der Waals surface area (Å²) in [4.78, 5) is 5.35. The van der Waals surface area contributed by atoms with E-state index in [9.17, 15) is 0 Å². The van der Waals surface area contributed by atoms with Gasteiger partial charge in [-0.2, -0.15) is 4.98 Å². The van der Waals surface area contributed by atoms with Crippen molar-refractivity contribution in [3.05, 3.63) is 36.0 Å². The van der Waals surface area contributed by atoms with Crippen molar-refractivity contribution in [2.75, 3.05) is 11.6 Å². The van der Waals surface area contributed by atoms with E-state index in [1.165, 1.54) is 4.90 Å². The number of anilines is 1. The average molecular weight is 235 g/mol. The van der Waals surface area contributed by atoms with E-state index < -0.39 is 0 Å². The normalized spacial score (nSPS) is 10.4. The Hall–Kier alpha value is -1.49. The zero-order valence-corrected chi connectivity index (χ0v) is 10.0. The molecule has 1 N–H and O–H groups in total. The van der Waals surface area contributed by atoms with Crippen LogP contribution in [-0.2, 0) is 6.54 Å². The summed E-state index contributed by atoms with van der Waals surface area (Å²) < 4.78 is 4.90. The van der Waals surface area contributed by atoms with E-state index in [0.29, 0.717) is 18.3 Å². The molecule has 0 amide bonds. The molecule has 2 aromatic rings. The molecule has 0 radical (unpaired) electrons. The lowest BCUT2D eigenvalue weighted by molar-refractivity contribution is 0.388. The van der Waals surface area contributed by atoms with Crippen molar-refractivity contribution in [2.24, 2.45) is 0 Å². The van der Waals surface area contributed by atoms with Crippen molar-refractivity contribution in [1.82, 2.24) is 10.1 Å². The molecule has 5 heteroatoms. The van der Waals surface area contributed by atoms with E-state index in [-0.39, 0.29) is 0 Å². The van der Waals surface area contributed by atoms with Crippen LogP contribution in [-0.4, -0.2) is 16.4 Å². The number of hydrogen-bond acceptors (Lipinski definition) is 5. The van der Waals surface area contributed by atoms with Crippen molar-refractivity contribution in [3.8, 4) is 0 Å². The molecule has 0 spiro atoms. The molecule has 0 saturated heterocycles. The molecule has 0 atom stereocenters. The number of nitrogens with one attached hydrogen (secondary N) is 1. The fourth-order valence-electron chi connectivity index (χ4n) is 1.38. The van der Waals surface area contributed by atoms with Crippen molar-refractivity contribution in [1.29, 1.82) is 0 Å². The minimum absolute atomic E-state index is 0.578. The highest BCUT2D eigenvalue weighted by molar-refractivity contribution is 7.98. The van der Waals surface area contributed by atoms with Crippen molar-refractivity contribution >= 4 is 17.4 Å². The maximum Gasteiger partial charge on any atom is 0.223 e. The number of thioether (sulfide) groups is 1. The SMILES string of the molecule is CSc1ccccc1NCc1noc(C)n1. The van der Waals surface area contributed by atoms with Gasteiger partial charge in [-0.1, -0.05) is 17.3 Å². The van der Waals surface area contributed by atoms with E-state index in [0.717, 1.165) is 5.69 Å². The number of hydrogen-bond donors (Lipinski definition) is 1. The number of para-hydroxylation sites is 1. The maximum atomic E-state index is 4.90. The summed E-state index contributed by atoms with van der Waals surface area (Å²) in [6.45, 7) is 2.36. The van der Waals surface area contributed by atoms with Crippen molar-refractivity contribution in [2.45, 2.75) is 18.4 Å². The van der Waals surface area contributed by atoms with Crippen LogP contribution in [0.5, 0.6) is 0 Å². The molecule has 84 valence electrons. The van der Waals surface area contributed by atoms with Crippen LogP contribution in [0.25, 0.3) is 0 Å². The third kappa shape index (κ3) is 2.55. The summed E-state index contributed by atoms with van der Waals surface area (Å²) in [5, 5.41) is 7.12. The van der Waals surface area contributed by atoms with Gasteiger partial charge in [0.05, 0.1) is 6.54 Å². The van der Waals surface area contributed by atoms with Crippen LogP contribution in [0.2, 0.25) is 0 Å². The molecule has 1 aromatic heterocycles. The number of aryl methyl sites for hydroxylation is 1. The predicted octanol–water partition coefficient (Wildman–Crippen LogP) is 2.71. The van der Waals surface area contributed by atoms with Crippen LogP contribution in [0.3, 0.4) is 0 Å². The van der Waals surface area contributed by atoms with Gasteiger partial charge in [-0.15, -0.1) is 11.8 Å². The first-order chi connectivity index (χ1) is 7.79. The van der Waals surface area contributed by atoms with Crippen molar-refractivity contribution in [3.63, 3.8) is 0 Å². The van der Waals surface area contributed by atoms with Gasteiger partial charge in [-0.05, 0) is 18.4 Å². The largest absolute Gasteiger partial charge is 0.377 e. The minimum Gasteiger partial charge on any atom is -0.377 e. The Morgan fingerprint density at radius 3 is 2.88 bits per heavy atom. The lowest BCUT2D eigenvalue weighted by Crippen LogP contribution is -2.02. The Morgan fingerprint density at radius 2 is 2.19 bits per heavy atom. The lowest BCUT2D eigenvalue weighted by atomic mass is 10.3. The number of nitrogens with zero attached hydrogens (tertiary/aromatic N) is 2. The second-order valence-corrected chi connectivity index (χ2v) is 4.13. The molecule has 16 heavy (non-hydrogen) atoms. The molecule has 1 aromatic carbocycles. The minimum atomic E-state index is 0.578. The van der Waals surface area contributed by atoms with Crippen LogP contribution >= 0.6 is 11.8 Å². The first kappa shape index (κ1) is 11.0. The van der Waals surface area contributed by atoms with Gasteiger partial charge in [0.25, 0.3) is 0 Å². The fraction of sp³-hybridized carbons (Fsp3) is 0.273. The van der Waals surface area contributed by atoms with Gasteiger partial charge in [-0.3, -0.25) is 0 Å². The molecule has 0 aliphatic heterocycles. The number of rotatable bonds is 4. The monoisotopic (exact) mass is 235 g/mol. The van der Waals surface area contributed by atoms with Gasteiger partial charge in [0.1, 0.15) is 0 Å². The molecule has 0 aliphatic rings. The van der Waals surface area contributed by atoms with Crippen LogP contribution in [0.15, 0.2) is 33.7 Å². The van der Waals surface area contributed by atoms with E-state index in [2.05, 4.69) is 27.8 Å². The second kappa shape index (κ2) is 5.03. The maximum absolute atomic E-state index is 4.90. The van der Waals surface area contributed by atoms with E-state index in [1.54, 1.807) is 18.7 Å². The molecule has 2 rings (SSSR count). The van der Waals surface area contributed by atoms with Gasteiger partial charge in [0.15, 0.2) is 5.82 Å². The average Bonchev–Trinajstić information content (AvgIpc) is 2.73. The van der Waals surface area contributed by atoms with Crippen LogP contribution in [0, 0.1) is 6.92 Å². The molecule has 0 bridgehead atoms. The molecule has 0 fully saturated rings. The van der Waals surface area contributed by atoms with Crippen LogP contribution in [0.4, 0.5) is 5.69 Å². The topological polar surface area (TPSA) is 51.0 Å². The fourth-order valence-corrected chi connectivity index (χ4v) is 1.95. The Morgan fingerprint density at radius 1 is 1.38 bits per heavy atom. The molecule has 4 nitrogen and oxygen atoms in total. The Bertz CT molecular complexity index is 470. The first-order valence-electron chi connectivity index (χ1n) is 4.95. The highest BCUT2D eigenvalue weighted by Gasteiger charge is 2.03. The van der Waals surface area contributed by atoms with Crippen LogP contribution in [0.1, 0.15) is 11.7 Å². The Balaban J connectivity index is 2.04. The summed E-state index contributed by atoms with van der Waals surface area (Å²) in [6.07, 6.45) is 2.05. The van der Waals surface area contributed by atoms with Crippen molar-refractivity contribution < 1.29 is 4.52 Å². The quantitative estimate of drug-likeness (QED) is 0.826. The zero-order chi connectivity index (χ0) is 11.4. The van der Waals surface area contributed by atoms with Gasteiger partial charge < -0.3 is 9.84 Å².